The summed E-state index contributed by atoms with van der Waals surface area (Å²) in [4.78, 5) is 28.9. The maximum absolute atomic E-state index is 13.4. The van der Waals surface area contributed by atoms with Gasteiger partial charge in [-0.15, -0.1) is 0 Å². The van der Waals surface area contributed by atoms with Crippen molar-refractivity contribution >= 4 is 17.6 Å². The highest BCUT2D eigenvalue weighted by atomic mass is 19.1. The Hall–Kier alpha value is -2.96. The van der Waals surface area contributed by atoms with Crippen LogP contribution >= 0.6 is 0 Å². The van der Waals surface area contributed by atoms with Crippen LogP contribution in [0, 0.1) is 17.6 Å². The van der Waals surface area contributed by atoms with Crippen LogP contribution < -0.4 is 5.32 Å². The highest BCUT2D eigenvalue weighted by Gasteiger charge is 2.34. The molecular formula is C24H27F2N3O2. The minimum atomic E-state index is -0.633. The Balaban J connectivity index is 1.34. The molecule has 0 bridgehead atoms. The minimum Gasteiger partial charge on any atom is -0.340 e. The van der Waals surface area contributed by atoms with Crippen LogP contribution in [0.3, 0.4) is 0 Å². The zero-order valence-corrected chi connectivity index (χ0v) is 17.6. The first kappa shape index (κ1) is 21.3. The summed E-state index contributed by atoms with van der Waals surface area (Å²) in [5.74, 6) is -0.877. The summed E-state index contributed by atoms with van der Waals surface area (Å²) in [6.07, 6.45) is 4.99. The van der Waals surface area contributed by atoms with Gasteiger partial charge in [0, 0.05) is 37.8 Å². The van der Waals surface area contributed by atoms with E-state index >= 15 is 0 Å². The number of rotatable bonds is 4. The molecule has 164 valence electrons. The number of nitrogens with one attached hydrogen (secondary N) is 1. The lowest BCUT2D eigenvalue weighted by Gasteiger charge is -2.26. The summed E-state index contributed by atoms with van der Waals surface area (Å²) in [7, 11) is 1.74. The summed E-state index contributed by atoms with van der Waals surface area (Å²) < 4.78 is 26.9. The second kappa shape index (κ2) is 9.04. The van der Waals surface area contributed by atoms with Gasteiger partial charge in [0.2, 0.25) is 5.91 Å². The standard InChI is InChI=1S/C24H27F2N3O2/c1-28(22-10-11-29(15-22)23(30)17-4-2-3-5-17)24(31)27-21-8-6-16(7-9-21)18-12-19(25)14-20(26)13-18/h6-9,12-14,17,22H,2-5,10-11,15H2,1H3,(H,27,31)/t22-/m1/s1. The molecule has 1 aliphatic carbocycles. The zero-order valence-electron chi connectivity index (χ0n) is 17.6. The van der Waals surface area contributed by atoms with E-state index in [2.05, 4.69) is 5.32 Å². The molecule has 0 unspecified atom stereocenters. The fraction of sp³-hybridized carbons (Fsp3) is 0.417. The molecule has 2 fully saturated rings. The summed E-state index contributed by atoms with van der Waals surface area (Å²) >= 11 is 0. The zero-order chi connectivity index (χ0) is 22.0. The van der Waals surface area contributed by atoms with Gasteiger partial charge in [-0.3, -0.25) is 4.79 Å². The van der Waals surface area contributed by atoms with Crippen molar-refractivity contribution in [3.63, 3.8) is 0 Å². The van der Waals surface area contributed by atoms with Crippen molar-refractivity contribution in [1.29, 1.82) is 0 Å². The molecule has 0 spiro atoms. The Labute approximate surface area is 181 Å². The van der Waals surface area contributed by atoms with Crippen molar-refractivity contribution < 1.29 is 18.4 Å². The fourth-order valence-corrected chi connectivity index (χ4v) is 4.53. The Bertz CT molecular complexity index is 938. The maximum Gasteiger partial charge on any atom is 0.321 e. The molecule has 7 heteroatoms. The van der Waals surface area contributed by atoms with Crippen LogP contribution in [0.5, 0.6) is 0 Å². The van der Waals surface area contributed by atoms with Crippen molar-refractivity contribution in [2.45, 2.75) is 38.1 Å². The number of benzene rings is 2. The van der Waals surface area contributed by atoms with Gasteiger partial charge < -0.3 is 15.1 Å². The quantitative estimate of drug-likeness (QED) is 0.756. The molecule has 1 heterocycles. The Morgan fingerprint density at radius 1 is 0.968 bits per heavy atom. The van der Waals surface area contributed by atoms with E-state index in [1.54, 1.807) is 36.2 Å². The van der Waals surface area contributed by atoms with Gasteiger partial charge in [0.1, 0.15) is 11.6 Å². The highest BCUT2D eigenvalue weighted by molar-refractivity contribution is 5.90. The number of nitrogens with zero attached hydrogens (tertiary/aromatic N) is 2. The molecule has 4 rings (SSSR count). The van der Waals surface area contributed by atoms with E-state index in [0.717, 1.165) is 38.2 Å². The van der Waals surface area contributed by atoms with Gasteiger partial charge in [0.05, 0.1) is 6.04 Å². The molecule has 5 nitrogen and oxygen atoms in total. The number of hydrogen-bond acceptors (Lipinski definition) is 2. The third kappa shape index (κ3) is 4.86. The van der Waals surface area contributed by atoms with Crippen LogP contribution in [-0.2, 0) is 4.79 Å². The molecule has 3 amide bonds. The first-order valence-electron chi connectivity index (χ1n) is 10.8. The fourth-order valence-electron chi connectivity index (χ4n) is 4.53. The third-order valence-corrected chi connectivity index (χ3v) is 6.38. The molecule has 1 atom stereocenters. The molecule has 1 N–H and O–H groups in total. The molecule has 31 heavy (non-hydrogen) atoms. The van der Waals surface area contributed by atoms with Gasteiger partial charge >= 0.3 is 6.03 Å². The summed E-state index contributed by atoms with van der Waals surface area (Å²) in [5, 5.41) is 2.85. The molecule has 1 aliphatic heterocycles. The Morgan fingerprint density at radius 3 is 2.26 bits per heavy atom. The van der Waals surface area contributed by atoms with E-state index in [1.165, 1.54) is 12.1 Å². The second-order valence-corrected chi connectivity index (χ2v) is 8.48. The van der Waals surface area contributed by atoms with Crippen LogP contribution in [0.2, 0.25) is 0 Å². The van der Waals surface area contributed by atoms with Gasteiger partial charge in [-0.25, -0.2) is 13.6 Å². The first-order valence-corrected chi connectivity index (χ1v) is 10.8. The second-order valence-electron chi connectivity index (χ2n) is 8.48. The molecule has 0 aromatic heterocycles. The largest absolute Gasteiger partial charge is 0.340 e. The molecule has 1 saturated carbocycles. The summed E-state index contributed by atoms with van der Waals surface area (Å²) in [6.45, 7) is 1.26. The third-order valence-electron chi connectivity index (χ3n) is 6.38. The van der Waals surface area contributed by atoms with Crippen LogP contribution in [0.1, 0.15) is 32.1 Å². The van der Waals surface area contributed by atoms with E-state index in [0.29, 0.717) is 29.9 Å². The van der Waals surface area contributed by atoms with Crippen LogP contribution in [0.25, 0.3) is 11.1 Å². The van der Waals surface area contributed by atoms with Crippen molar-refractivity contribution in [3.8, 4) is 11.1 Å². The lowest BCUT2D eigenvalue weighted by atomic mass is 10.1. The number of amides is 3. The van der Waals surface area contributed by atoms with Gasteiger partial charge in [-0.05, 0) is 54.7 Å². The van der Waals surface area contributed by atoms with Crippen molar-refractivity contribution in [2.75, 3.05) is 25.5 Å². The first-order chi connectivity index (χ1) is 14.9. The topological polar surface area (TPSA) is 52.7 Å². The van der Waals surface area contributed by atoms with E-state index < -0.39 is 11.6 Å². The smallest absolute Gasteiger partial charge is 0.321 e. The lowest BCUT2D eigenvalue weighted by molar-refractivity contribution is -0.134. The van der Waals surface area contributed by atoms with E-state index in [9.17, 15) is 18.4 Å². The van der Waals surface area contributed by atoms with Crippen LogP contribution in [0.4, 0.5) is 19.3 Å². The van der Waals surface area contributed by atoms with Crippen molar-refractivity contribution in [1.82, 2.24) is 9.80 Å². The normalized spacial score (nSPS) is 18.9. The maximum atomic E-state index is 13.4. The SMILES string of the molecule is CN(C(=O)Nc1ccc(-c2cc(F)cc(F)c2)cc1)[C@@H]1CCN(C(=O)C2CCCC2)C1. The average Bonchev–Trinajstić information content (AvgIpc) is 3.45. The van der Waals surface area contributed by atoms with Gasteiger partial charge in [-0.1, -0.05) is 25.0 Å². The van der Waals surface area contributed by atoms with Gasteiger partial charge in [0.25, 0.3) is 0 Å². The number of carbonyl (C=O) groups is 2. The van der Waals surface area contributed by atoms with E-state index in [1.807, 2.05) is 4.90 Å². The number of urea groups is 1. The summed E-state index contributed by atoms with van der Waals surface area (Å²) in [6, 6.07) is 9.93. The van der Waals surface area contributed by atoms with Gasteiger partial charge in [-0.2, -0.15) is 0 Å². The molecule has 0 radical (unpaired) electrons. The number of carbonyl (C=O) groups excluding carboxylic acids is 2. The Kier molecular flexibility index (Phi) is 6.20. The number of hydrogen-bond donors (Lipinski definition) is 1. The summed E-state index contributed by atoms with van der Waals surface area (Å²) in [5.41, 5.74) is 1.68. The molecule has 2 aromatic carbocycles. The number of likely N-dealkylation sites (tertiary alicyclic amines) is 1. The molecule has 1 saturated heterocycles. The van der Waals surface area contributed by atoms with Crippen molar-refractivity contribution in [3.05, 3.63) is 54.1 Å². The van der Waals surface area contributed by atoms with E-state index in [-0.39, 0.29) is 23.9 Å². The van der Waals surface area contributed by atoms with Gasteiger partial charge in [0.15, 0.2) is 0 Å². The van der Waals surface area contributed by atoms with Crippen LogP contribution in [-0.4, -0.2) is 47.9 Å². The monoisotopic (exact) mass is 427 g/mol. The molecule has 2 aromatic rings. The van der Waals surface area contributed by atoms with Crippen molar-refractivity contribution in [2.24, 2.45) is 5.92 Å². The Morgan fingerprint density at radius 2 is 1.61 bits per heavy atom. The predicted octanol–water partition coefficient (Wildman–Crippen LogP) is 4.89. The highest BCUT2D eigenvalue weighted by Crippen LogP contribution is 2.29. The minimum absolute atomic E-state index is 0.0140. The number of halogens is 2. The van der Waals surface area contributed by atoms with Crippen LogP contribution in [0.15, 0.2) is 42.5 Å². The molecular weight excluding hydrogens is 400 g/mol. The number of anilines is 1. The lowest BCUT2D eigenvalue weighted by Crippen LogP contribution is -2.42. The average molecular weight is 427 g/mol. The predicted molar refractivity (Wildman–Crippen MR) is 116 cm³/mol. The van der Waals surface area contributed by atoms with E-state index in [4.69, 9.17) is 0 Å². The molecule has 2 aliphatic rings. The number of likely N-dealkylation sites (N-methyl/N-ethyl adjacent to an activating group) is 1.